The molecule has 0 saturated carbocycles. The highest BCUT2D eigenvalue weighted by molar-refractivity contribution is 7.08. The number of nitrogens with one attached hydrogen (secondary N) is 2. The van der Waals surface area contributed by atoms with Crippen LogP contribution in [0, 0.1) is 0 Å². The fourth-order valence-electron chi connectivity index (χ4n) is 3.17. The molecule has 172 valence electrons. The summed E-state index contributed by atoms with van der Waals surface area (Å²) in [6.07, 6.45) is 2.93. The molecule has 6 nitrogen and oxygen atoms in total. The van der Waals surface area contributed by atoms with Gasteiger partial charge in [0.05, 0.1) is 14.2 Å². The maximum atomic E-state index is 12.8. The van der Waals surface area contributed by atoms with E-state index in [0.717, 1.165) is 28.2 Å². The average molecular weight is 465 g/mol. The van der Waals surface area contributed by atoms with Crippen molar-refractivity contribution < 1.29 is 19.1 Å². The number of methoxy groups -OCH3 is 2. The van der Waals surface area contributed by atoms with Crippen molar-refractivity contribution in [2.24, 2.45) is 0 Å². The number of thiophene rings is 1. The van der Waals surface area contributed by atoms with Crippen molar-refractivity contribution in [3.8, 4) is 11.5 Å². The van der Waals surface area contributed by atoms with Gasteiger partial charge in [0, 0.05) is 13.1 Å². The molecule has 0 bridgehead atoms. The lowest BCUT2D eigenvalue weighted by Gasteiger charge is -2.11. The molecule has 0 fully saturated rings. The molecule has 0 atom stereocenters. The van der Waals surface area contributed by atoms with Crippen LogP contribution in [0.2, 0.25) is 0 Å². The van der Waals surface area contributed by atoms with E-state index in [1.165, 1.54) is 11.3 Å². The first-order valence-corrected chi connectivity index (χ1v) is 11.6. The lowest BCUT2D eigenvalue weighted by molar-refractivity contribution is -0.123. The Labute approximate surface area is 198 Å². The summed E-state index contributed by atoms with van der Waals surface area (Å²) in [6, 6.07) is 17.2. The third kappa shape index (κ3) is 7.50. The molecular formula is C26H28N2O4S. The average Bonchev–Trinajstić information content (AvgIpc) is 3.36. The minimum atomic E-state index is -0.392. The number of rotatable bonds is 11. The molecular weight excluding hydrogens is 436 g/mol. The third-order valence-corrected chi connectivity index (χ3v) is 5.76. The summed E-state index contributed by atoms with van der Waals surface area (Å²) in [6.45, 7) is 0.844. The van der Waals surface area contributed by atoms with E-state index < -0.39 is 11.8 Å². The van der Waals surface area contributed by atoms with E-state index >= 15 is 0 Å². The van der Waals surface area contributed by atoms with E-state index in [2.05, 4.69) is 10.6 Å². The molecule has 2 amide bonds. The first kappa shape index (κ1) is 24.1. The van der Waals surface area contributed by atoms with E-state index in [-0.39, 0.29) is 5.57 Å². The van der Waals surface area contributed by atoms with E-state index in [1.807, 2.05) is 65.4 Å². The Morgan fingerprint density at radius 3 is 1.67 bits per heavy atom. The molecule has 33 heavy (non-hydrogen) atoms. The molecule has 3 rings (SSSR count). The van der Waals surface area contributed by atoms with Crippen molar-refractivity contribution in [1.82, 2.24) is 10.6 Å². The van der Waals surface area contributed by atoms with E-state index in [9.17, 15) is 9.59 Å². The van der Waals surface area contributed by atoms with Crippen LogP contribution in [0.5, 0.6) is 11.5 Å². The quantitative estimate of drug-likeness (QED) is 0.257. The molecule has 0 aliphatic heterocycles. The van der Waals surface area contributed by atoms with E-state index in [1.54, 1.807) is 20.3 Å². The van der Waals surface area contributed by atoms with Gasteiger partial charge in [0.1, 0.15) is 17.1 Å². The summed E-state index contributed by atoms with van der Waals surface area (Å²) in [5.41, 5.74) is 3.07. The van der Waals surface area contributed by atoms with Gasteiger partial charge in [-0.2, -0.15) is 11.3 Å². The second-order valence-corrected chi connectivity index (χ2v) is 8.10. The second-order valence-electron chi connectivity index (χ2n) is 7.32. The summed E-state index contributed by atoms with van der Waals surface area (Å²) in [4.78, 5) is 25.7. The second kappa shape index (κ2) is 12.5. The number of carbonyl (C=O) groups is 2. The van der Waals surface area contributed by atoms with Crippen LogP contribution in [-0.2, 0) is 22.4 Å². The van der Waals surface area contributed by atoms with Crippen LogP contribution in [0.15, 0.2) is 70.9 Å². The molecule has 2 aromatic carbocycles. The number of benzene rings is 2. The van der Waals surface area contributed by atoms with Crippen LogP contribution in [0.25, 0.3) is 6.08 Å². The number of hydrogen-bond acceptors (Lipinski definition) is 5. The zero-order chi connectivity index (χ0) is 23.5. The smallest absolute Gasteiger partial charge is 0.256 e. The molecule has 0 spiro atoms. The zero-order valence-electron chi connectivity index (χ0n) is 18.8. The third-order valence-electron chi connectivity index (χ3n) is 5.06. The molecule has 2 N–H and O–H groups in total. The highest BCUT2D eigenvalue weighted by Gasteiger charge is 2.18. The molecule has 1 heterocycles. The maximum absolute atomic E-state index is 12.8. The Morgan fingerprint density at radius 1 is 0.788 bits per heavy atom. The van der Waals surface area contributed by atoms with Crippen LogP contribution in [0.3, 0.4) is 0 Å². The van der Waals surface area contributed by atoms with Gasteiger partial charge in [-0.3, -0.25) is 9.59 Å². The van der Waals surface area contributed by atoms with Gasteiger partial charge in [0.15, 0.2) is 0 Å². The Hall–Kier alpha value is -3.58. The van der Waals surface area contributed by atoms with Crippen LogP contribution >= 0.6 is 11.3 Å². The lowest BCUT2D eigenvalue weighted by atomic mass is 10.1. The Bertz CT molecular complexity index is 991. The van der Waals surface area contributed by atoms with Crippen LogP contribution in [-0.4, -0.2) is 39.1 Å². The standard InChI is InChI=1S/C26H28N2O4S/c1-31-22-7-3-19(4-8-22)11-14-27-25(29)24(17-21-13-16-33-18-21)26(30)28-15-12-20-5-9-23(32-2)10-6-20/h3-10,13,16-18H,11-12,14-15H2,1-2H3,(H,27,29)(H,28,30). The molecule has 0 unspecified atom stereocenters. The normalized spacial score (nSPS) is 10.2. The van der Waals surface area contributed by atoms with Crippen molar-refractivity contribution in [2.45, 2.75) is 12.8 Å². The highest BCUT2D eigenvalue weighted by atomic mass is 32.1. The Balaban J connectivity index is 1.57. The van der Waals surface area contributed by atoms with Crippen molar-refractivity contribution in [3.63, 3.8) is 0 Å². The number of carbonyl (C=O) groups excluding carboxylic acids is 2. The van der Waals surface area contributed by atoms with Crippen LogP contribution in [0.4, 0.5) is 0 Å². The van der Waals surface area contributed by atoms with Gasteiger partial charge in [0.25, 0.3) is 11.8 Å². The van der Waals surface area contributed by atoms with Crippen LogP contribution in [0.1, 0.15) is 16.7 Å². The molecule has 0 saturated heterocycles. The first-order valence-electron chi connectivity index (χ1n) is 10.6. The molecule has 0 aliphatic rings. The summed E-state index contributed by atoms with van der Waals surface area (Å²) < 4.78 is 10.3. The van der Waals surface area contributed by atoms with Crippen molar-refractivity contribution in [2.75, 3.05) is 27.3 Å². The number of amides is 2. The van der Waals surface area contributed by atoms with Gasteiger partial charge >= 0.3 is 0 Å². The topological polar surface area (TPSA) is 76.7 Å². The number of ether oxygens (including phenoxy) is 2. The van der Waals surface area contributed by atoms with Crippen molar-refractivity contribution in [1.29, 1.82) is 0 Å². The van der Waals surface area contributed by atoms with Crippen LogP contribution < -0.4 is 20.1 Å². The van der Waals surface area contributed by atoms with Gasteiger partial charge in [-0.25, -0.2) is 0 Å². The van der Waals surface area contributed by atoms with Gasteiger partial charge < -0.3 is 20.1 Å². The predicted molar refractivity (Wildman–Crippen MR) is 132 cm³/mol. The summed E-state index contributed by atoms with van der Waals surface area (Å²) >= 11 is 1.51. The number of hydrogen-bond donors (Lipinski definition) is 2. The largest absolute Gasteiger partial charge is 0.497 e. The highest BCUT2D eigenvalue weighted by Crippen LogP contribution is 2.14. The van der Waals surface area contributed by atoms with Crippen molar-refractivity contribution in [3.05, 3.63) is 87.6 Å². The van der Waals surface area contributed by atoms with E-state index in [0.29, 0.717) is 25.9 Å². The van der Waals surface area contributed by atoms with Gasteiger partial charge in [-0.1, -0.05) is 24.3 Å². The Kier molecular flexibility index (Phi) is 9.08. The summed E-state index contributed by atoms with van der Waals surface area (Å²) in [5.74, 6) is 0.790. The van der Waals surface area contributed by atoms with E-state index in [4.69, 9.17) is 9.47 Å². The fourth-order valence-corrected chi connectivity index (χ4v) is 3.79. The fraction of sp³-hybridized carbons (Fsp3) is 0.231. The maximum Gasteiger partial charge on any atom is 0.256 e. The lowest BCUT2D eigenvalue weighted by Crippen LogP contribution is -2.36. The molecule has 0 aliphatic carbocycles. The minimum Gasteiger partial charge on any atom is -0.497 e. The molecule has 0 radical (unpaired) electrons. The summed E-state index contributed by atoms with van der Waals surface area (Å²) in [5, 5.41) is 9.54. The van der Waals surface area contributed by atoms with Gasteiger partial charge in [-0.05, 0) is 76.7 Å². The predicted octanol–water partition coefficient (Wildman–Crippen LogP) is 3.87. The molecule has 1 aromatic heterocycles. The minimum absolute atomic E-state index is 0.0952. The van der Waals surface area contributed by atoms with Crippen molar-refractivity contribution >= 4 is 29.2 Å². The molecule has 7 heteroatoms. The zero-order valence-corrected chi connectivity index (χ0v) is 19.6. The van der Waals surface area contributed by atoms with Gasteiger partial charge in [-0.15, -0.1) is 0 Å². The summed E-state index contributed by atoms with van der Waals surface area (Å²) in [7, 11) is 3.25. The molecule has 3 aromatic rings. The SMILES string of the molecule is COc1ccc(CCNC(=O)C(=Cc2ccsc2)C(=O)NCCc2ccc(OC)cc2)cc1. The first-order chi connectivity index (χ1) is 16.1. The Morgan fingerprint density at radius 2 is 1.27 bits per heavy atom. The monoisotopic (exact) mass is 464 g/mol. The van der Waals surface area contributed by atoms with Gasteiger partial charge in [0.2, 0.25) is 0 Å².